The molecule has 7 heteroatoms. The van der Waals surface area contributed by atoms with Crippen molar-refractivity contribution < 1.29 is 19.1 Å². The molecule has 1 heterocycles. The molecule has 0 fully saturated rings. The van der Waals surface area contributed by atoms with E-state index in [1.807, 2.05) is 0 Å². The van der Waals surface area contributed by atoms with Crippen molar-refractivity contribution in [1.29, 1.82) is 0 Å². The lowest BCUT2D eigenvalue weighted by Crippen LogP contribution is -2.14. The average molecular weight is 326 g/mol. The van der Waals surface area contributed by atoms with Crippen molar-refractivity contribution in [2.24, 2.45) is 0 Å². The maximum Gasteiger partial charge on any atom is 0.411 e. The molecule has 7 nitrogen and oxygen atoms in total. The summed E-state index contributed by atoms with van der Waals surface area (Å²) in [7, 11) is 0. The zero-order valence-electron chi connectivity index (χ0n) is 12.8. The molecule has 0 aliphatic rings. The molecule has 0 spiro atoms. The van der Waals surface area contributed by atoms with Crippen LogP contribution < -0.4 is 10.9 Å². The van der Waals surface area contributed by atoms with Gasteiger partial charge < -0.3 is 14.3 Å². The number of nitrogens with zero attached hydrogens (tertiary/aromatic N) is 1. The Bertz CT molecular complexity index is 965. The van der Waals surface area contributed by atoms with Gasteiger partial charge in [0.2, 0.25) is 5.89 Å². The van der Waals surface area contributed by atoms with E-state index in [9.17, 15) is 14.7 Å². The SMILES string of the molecule is CCOC(=O)Nc1ccccc1-c1nc(=O)c2ccc(O)cc2o1. The zero-order valence-corrected chi connectivity index (χ0v) is 12.8. The number of anilines is 1. The predicted octanol–water partition coefficient (Wildman–Crippen LogP) is 3.13. The van der Waals surface area contributed by atoms with Crippen LogP contribution in [0.4, 0.5) is 10.5 Å². The van der Waals surface area contributed by atoms with Crippen molar-refractivity contribution in [1.82, 2.24) is 4.98 Å². The Kier molecular flexibility index (Phi) is 4.15. The largest absolute Gasteiger partial charge is 0.508 e. The third-order valence-corrected chi connectivity index (χ3v) is 3.27. The van der Waals surface area contributed by atoms with Crippen LogP contribution in [0.1, 0.15) is 6.92 Å². The number of para-hydroxylation sites is 1. The first-order valence-corrected chi connectivity index (χ1v) is 7.25. The molecule has 2 aromatic carbocycles. The number of hydrogen-bond donors (Lipinski definition) is 2. The Morgan fingerprint density at radius 3 is 2.88 bits per heavy atom. The molecule has 0 aliphatic carbocycles. The first-order valence-electron chi connectivity index (χ1n) is 7.25. The number of ether oxygens (including phenoxy) is 1. The van der Waals surface area contributed by atoms with E-state index in [0.29, 0.717) is 11.3 Å². The third kappa shape index (κ3) is 3.05. The van der Waals surface area contributed by atoms with Gasteiger partial charge in [-0.2, -0.15) is 4.98 Å². The number of carbonyl (C=O) groups excluding carboxylic acids is 1. The summed E-state index contributed by atoms with van der Waals surface area (Å²) in [5, 5.41) is 12.4. The summed E-state index contributed by atoms with van der Waals surface area (Å²) in [6, 6.07) is 10.9. The standard InChI is InChI=1S/C17H14N2O5/c1-2-23-17(22)18-13-6-4-3-5-11(13)16-19-15(21)12-8-7-10(20)9-14(12)24-16/h3-9,20H,2H2,1H3,(H,18,22). The van der Waals surface area contributed by atoms with Crippen LogP contribution in [0, 0.1) is 0 Å². The van der Waals surface area contributed by atoms with Crippen LogP contribution >= 0.6 is 0 Å². The maximum atomic E-state index is 12.2. The number of amides is 1. The fourth-order valence-electron chi connectivity index (χ4n) is 2.22. The van der Waals surface area contributed by atoms with Gasteiger partial charge in [-0.25, -0.2) is 4.79 Å². The molecule has 2 N–H and O–H groups in total. The lowest BCUT2D eigenvalue weighted by molar-refractivity contribution is 0.168. The second-order valence-corrected chi connectivity index (χ2v) is 4.90. The van der Waals surface area contributed by atoms with Gasteiger partial charge in [-0.05, 0) is 31.2 Å². The number of aromatic hydroxyl groups is 1. The molecule has 0 radical (unpaired) electrons. The molecule has 0 unspecified atom stereocenters. The first kappa shape index (κ1) is 15.5. The fourth-order valence-corrected chi connectivity index (χ4v) is 2.22. The number of carbonyl (C=O) groups is 1. The van der Waals surface area contributed by atoms with Crippen LogP contribution in [0.2, 0.25) is 0 Å². The molecule has 0 saturated carbocycles. The predicted molar refractivity (Wildman–Crippen MR) is 88.0 cm³/mol. The normalized spacial score (nSPS) is 10.5. The molecule has 0 bridgehead atoms. The van der Waals surface area contributed by atoms with Gasteiger partial charge in [0.05, 0.1) is 23.2 Å². The second kappa shape index (κ2) is 6.41. The van der Waals surface area contributed by atoms with Crippen molar-refractivity contribution in [3.8, 4) is 17.2 Å². The van der Waals surface area contributed by atoms with Gasteiger partial charge in [-0.3, -0.25) is 10.1 Å². The van der Waals surface area contributed by atoms with E-state index in [-0.39, 0.29) is 29.2 Å². The highest BCUT2D eigenvalue weighted by molar-refractivity contribution is 5.90. The number of nitrogens with one attached hydrogen (secondary N) is 1. The topological polar surface area (TPSA) is 102 Å². The molecule has 0 saturated heterocycles. The Hall–Kier alpha value is -3.35. The van der Waals surface area contributed by atoms with E-state index >= 15 is 0 Å². The van der Waals surface area contributed by atoms with Crippen molar-refractivity contribution in [3.05, 3.63) is 52.8 Å². The quantitative estimate of drug-likeness (QED) is 0.766. The molecule has 3 rings (SSSR count). The molecule has 0 aliphatic heterocycles. The summed E-state index contributed by atoms with van der Waals surface area (Å²) in [6.07, 6.45) is -0.620. The molecule has 1 aromatic heterocycles. The number of rotatable bonds is 3. The monoisotopic (exact) mass is 326 g/mol. The third-order valence-electron chi connectivity index (χ3n) is 3.27. The van der Waals surface area contributed by atoms with Crippen LogP contribution in [0.3, 0.4) is 0 Å². The number of phenolic OH excluding ortho intramolecular Hbond substituents is 1. The minimum absolute atomic E-state index is 0.0271. The van der Waals surface area contributed by atoms with Gasteiger partial charge >= 0.3 is 6.09 Å². The van der Waals surface area contributed by atoms with Gasteiger partial charge in [0.1, 0.15) is 11.3 Å². The smallest absolute Gasteiger partial charge is 0.411 e. The summed E-state index contributed by atoms with van der Waals surface area (Å²) in [5.41, 5.74) is 0.534. The molecular formula is C17H14N2O5. The highest BCUT2D eigenvalue weighted by Crippen LogP contribution is 2.28. The molecule has 0 atom stereocenters. The van der Waals surface area contributed by atoms with Gasteiger partial charge in [0.15, 0.2) is 0 Å². The number of hydrogen-bond acceptors (Lipinski definition) is 6. The van der Waals surface area contributed by atoms with E-state index in [2.05, 4.69) is 10.3 Å². The summed E-state index contributed by atoms with van der Waals surface area (Å²) in [6.45, 7) is 1.93. The highest BCUT2D eigenvalue weighted by Gasteiger charge is 2.14. The molecule has 3 aromatic rings. The Morgan fingerprint density at radius 1 is 1.29 bits per heavy atom. The zero-order chi connectivity index (χ0) is 17.1. The number of fused-ring (bicyclic) bond motifs is 1. The molecule has 1 amide bonds. The van der Waals surface area contributed by atoms with Crippen LogP contribution in [-0.4, -0.2) is 22.8 Å². The second-order valence-electron chi connectivity index (χ2n) is 4.90. The molecular weight excluding hydrogens is 312 g/mol. The van der Waals surface area contributed by atoms with Gasteiger partial charge in [0.25, 0.3) is 5.56 Å². The summed E-state index contributed by atoms with van der Waals surface area (Å²) < 4.78 is 10.5. The van der Waals surface area contributed by atoms with Crippen molar-refractivity contribution in [3.63, 3.8) is 0 Å². The minimum Gasteiger partial charge on any atom is -0.508 e. The van der Waals surface area contributed by atoms with Crippen molar-refractivity contribution >= 4 is 22.7 Å². The van der Waals surface area contributed by atoms with Crippen LogP contribution in [0.15, 0.2) is 51.7 Å². The van der Waals surface area contributed by atoms with Gasteiger partial charge in [-0.15, -0.1) is 0 Å². The highest BCUT2D eigenvalue weighted by atomic mass is 16.5. The lowest BCUT2D eigenvalue weighted by atomic mass is 10.1. The summed E-state index contributed by atoms with van der Waals surface area (Å²) in [5.74, 6) is 0.00577. The van der Waals surface area contributed by atoms with Crippen LogP contribution in [0.25, 0.3) is 22.4 Å². The van der Waals surface area contributed by atoms with E-state index in [0.717, 1.165) is 0 Å². The Balaban J connectivity index is 2.11. The van der Waals surface area contributed by atoms with E-state index in [1.165, 1.54) is 18.2 Å². The number of phenols is 1. The molecule has 24 heavy (non-hydrogen) atoms. The lowest BCUT2D eigenvalue weighted by Gasteiger charge is -2.10. The fraction of sp³-hybridized carbons (Fsp3) is 0.118. The average Bonchev–Trinajstić information content (AvgIpc) is 2.55. The first-order chi connectivity index (χ1) is 11.6. The van der Waals surface area contributed by atoms with Gasteiger partial charge in [-0.1, -0.05) is 12.1 Å². The van der Waals surface area contributed by atoms with E-state index < -0.39 is 11.7 Å². The number of aromatic nitrogens is 1. The molecule has 122 valence electrons. The van der Waals surface area contributed by atoms with Crippen LogP contribution in [0.5, 0.6) is 5.75 Å². The van der Waals surface area contributed by atoms with E-state index in [1.54, 1.807) is 31.2 Å². The summed E-state index contributed by atoms with van der Waals surface area (Å²) in [4.78, 5) is 27.7. The van der Waals surface area contributed by atoms with Crippen molar-refractivity contribution in [2.45, 2.75) is 6.92 Å². The summed E-state index contributed by atoms with van der Waals surface area (Å²) >= 11 is 0. The maximum absolute atomic E-state index is 12.2. The Morgan fingerprint density at radius 2 is 2.08 bits per heavy atom. The van der Waals surface area contributed by atoms with Crippen LogP contribution in [-0.2, 0) is 4.74 Å². The van der Waals surface area contributed by atoms with Gasteiger partial charge in [0, 0.05) is 6.07 Å². The minimum atomic E-state index is -0.620. The Labute approximate surface area is 136 Å². The number of benzene rings is 2. The van der Waals surface area contributed by atoms with Crippen molar-refractivity contribution in [2.75, 3.05) is 11.9 Å². The van der Waals surface area contributed by atoms with E-state index in [4.69, 9.17) is 9.15 Å².